The highest BCUT2D eigenvalue weighted by Gasteiger charge is 2.08. The van der Waals surface area contributed by atoms with Gasteiger partial charge in [0.2, 0.25) is 5.91 Å². The van der Waals surface area contributed by atoms with Crippen LogP contribution in [-0.4, -0.2) is 22.8 Å². The van der Waals surface area contributed by atoms with Gasteiger partial charge in [0.15, 0.2) is 0 Å². The lowest BCUT2D eigenvalue weighted by molar-refractivity contribution is -0.128. The molecule has 1 aromatic carbocycles. The molecule has 0 saturated heterocycles. The highest BCUT2D eigenvalue weighted by atomic mass is 32.1. The fraction of sp³-hybridized carbons (Fsp3) is 0.375. The van der Waals surface area contributed by atoms with Gasteiger partial charge in [-0.1, -0.05) is 25.1 Å². The van der Waals surface area contributed by atoms with Crippen molar-refractivity contribution in [3.8, 4) is 0 Å². The van der Waals surface area contributed by atoms with Crippen molar-refractivity contribution in [1.82, 2.24) is 9.88 Å². The van der Waals surface area contributed by atoms with Crippen molar-refractivity contribution in [2.24, 2.45) is 0 Å². The molecule has 1 aromatic heterocycles. The van der Waals surface area contributed by atoms with Crippen LogP contribution in [0.25, 0.3) is 0 Å². The molecule has 112 valence electrons. The van der Waals surface area contributed by atoms with Gasteiger partial charge in [-0.15, -0.1) is 11.3 Å². The number of carbonyl (C=O) groups excluding carboxylic acids is 1. The fourth-order valence-electron chi connectivity index (χ4n) is 1.97. The van der Waals surface area contributed by atoms with Gasteiger partial charge in [0.1, 0.15) is 0 Å². The van der Waals surface area contributed by atoms with E-state index >= 15 is 0 Å². The van der Waals surface area contributed by atoms with Crippen LogP contribution in [0.5, 0.6) is 0 Å². The van der Waals surface area contributed by atoms with E-state index in [1.54, 1.807) is 23.2 Å². The van der Waals surface area contributed by atoms with Crippen molar-refractivity contribution in [3.05, 3.63) is 45.9 Å². The smallest absolute Gasteiger partial charge is 0.219 e. The minimum absolute atomic E-state index is 0.0693. The average Bonchev–Trinajstić information content (AvgIpc) is 2.94. The second-order valence-corrected chi connectivity index (χ2v) is 6.16. The monoisotopic (exact) mass is 303 g/mol. The Morgan fingerprint density at radius 3 is 2.81 bits per heavy atom. The molecular weight excluding hydrogens is 282 g/mol. The van der Waals surface area contributed by atoms with Gasteiger partial charge in [0.25, 0.3) is 0 Å². The lowest BCUT2D eigenvalue weighted by atomic mass is 10.1. The molecule has 0 aliphatic rings. The number of benzene rings is 1. The summed E-state index contributed by atoms with van der Waals surface area (Å²) in [7, 11) is 1.82. The van der Waals surface area contributed by atoms with Crippen molar-refractivity contribution in [2.75, 3.05) is 12.4 Å². The van der Waals surface area contributed by atoms with Gasteiger partial charge in [-0.05, 0) is 18.1 Å². The van der Waals surface area contributed by atoms with Crippen LogP contribution < -0.4 is 5.32 Å². The van der Waals surface area contributed by atoms with E-state index in [-0.39, 0.29) is 5.91 Å². The highest BCUT2D eigenvalue weighted by Crippen LogP contribution is 2.20. The first-order chi connectivity index (χ1) is 10.1. The molecule has 4 nitrogen and oxygen atoms in total. The molecule has 0 spiro atoms. The number of nitrogens with zero attached hydrogens (tertiary/aromatic N) is 2. The average molecular weight is 303 g/mol. The van der Waals surface area contributed by atoms with E-state index in [0.29, 0.717) is 6.54 Å². The number of hydrogen-bond acceptors (Lipinski definition) is 4. The van der Waals surface area contributed by atoms with Crippen molar-refractivity contribution >= 4 is 22.9 Å². The van der Waals surface area contributed by atoms with Crippen molar-refractivity contribution in [2.45, 2.75) is 33.4 Å². The van der Waals surface area contributed by atoms with Gasteiger partial charge in [-0.2, -0.15) is 0 Å². The summed E-state index contributed by atoms with van der Waals surface area (Å²) in [6, 6.07) is 8.09. The maximum atomic E-state index is 11.4. The van der Waals surface area contributed by atoms with Crippen LogP contribution in [0.2, 0.25) is 0 Å². The summed E-state index contributed by atoms with van der Waals surface area (Å²) in [6.07, 6.45) is 2.91. The minimum atomic E-state index is 0.0693. The first-order valence-electron chi connectivity index (χ1n) is 7.07. The number of para-hydroxylation sites is 1. The number of rotatable bonds is 6. The lowest BCUT2D eigenvalue weighted by Crippen LogP contribution is -2.23. The van der Waals surface area contributed by atoms with Gasteiger partial charge in [0.05, 0.1) is 11.6 Å². The van der Waals surface area contributed by atoms with Crippen molar-refractivity contribution in [3.63, 3.8) is 0 Å². The first-order valence-corrected chi connectivity index (χ1v) is 7.89. The molecule has 0 bridgehead atoms. The summed E-state index contributed by atoms with van der Waals surface area (Å²) in [5.41, 5.74) is 2.19. The summed E-state index contributed by atoms with van der Waals surface area (Å²) in [5.74, 6) is 0.0693. The second kappa shape index (κ2) is 7.22. The van der Waals surface area contributed by atoms with Gasteiger partial charge >= 0.3 is 0 Å². The maximum Gasteiger partial charge on any atom is 0.219 e. The summed E-state index contributed by atoms with van der Waals surface area (Å²) < 4.78 is 0. The Labute approximate surface area is 129 Å². The Morgan fingerprint density at radius 1 is 1.38 bits per heavy atom. The number of thiazole rings is 1. The van der Waals surface area contributed by atoms with E-state index in [1.807, 2.05) is 37.5 Å². The van der Waals surface area contributed by atoms with E-state index in [1.165, 1.54) is 4.88 Å². The normalized spacial score (nSPS) is 10.4. The van der Waals surface area contributed by atoms with Crippen molar-refractivity contribution in [1.29, 1.82) is 0 Å². The topological polar surface area (TPSA) is 45.2 Å². The summed E-state index contributed by atoms with van der Waals surface area (Å²) in [4.78, 5) is 18.7. The van der Waals surface area contributed by atoms with Gasteiger partial charge < -0.3 is 10.2 Å². The van der Waals surface area contributed by atoms with Crippen LogP contribution in [0, 0.1) is 0 Å². The van der Waals surface area contributed by atoms with Gasteiger partial charge in [0, 0.05) is 37.3 Å². The third-order valence-corrected chi connectivity index (χ3v) is 4.46. The minimum Gasteiger partial charge on any atom is -0.380 e. The molecular formula is C16H21N3OS. The number of anilines is 1. The van der Waals surface area contributed by atoms with Crippen molar-refractivity contribution < 1.29 is 4.79 Å². The Kier molecular flexibility index (Phi) is 5.33. The molecule has 0 fully saturated rings. The van der Waals surface area contributed by atoms with Crippen LogP contribution in [-0.2, 0) is 24.3 Å². The zero-order valence-electron chi connectivity index (χ0n) is 12.7. The first kappa shape index (κ1) is 15.5. The molecule has 2 rings (SSSR count). The zero-order chi connectivity index (χ0) is 15.2. The van der Waals surface area contributed by atoms with E-state index in [2.05, 4.69) is 17.2 Å². The summed E-state index contributed by atoms with van der Waals surface area (Å²) >= 11 is 1.74. The maximum absolute atomic E-state index is 11.4. The number of aromatic nitrogens is 1. The molecule has 2 aromatic rings. The molecule has 0 aliphatic carbocycles. The molecule has 1 N–H and O–H groups in total. The summed E-state index contributed by atoms with van der Waals surface area (Å²) in [5, 5.41) is 4.61. The second-order valence-electron chi connectivity index (χ2n) is 4.96. The lowest BCUT2D eigenvalue weighted by Gasteiger charge is -2.18. The van der Waals surface area contributed by atoms with Crippen LogP contribution >= 0.6 is 11.3 Å². The third-order valence-electron chi connectivity index (χ3n) is 3.32. The predicted molar refractivity (Wildman–Crippen MR) is 87.4 cm³/mol. The van der Waals surface area contributed by atoms with Gasteiger partial charge in [-0.3, -0.25) is 4.79 Å². The molecule has 0 unspecified atom stereocenters. The van der Waals surface area contributed by atoms with E-state index < -0.39 is 0 Å². The fourth-order valence-corrected chi connectivity index (χ4v) is 2.78. The van der Waals surface area contributed by atoms with E-state index in [0.717, 1.165) is 29.2 Å². The Morgan fingerprint density at radius 2 is 2.14 bits per heavy atom. The summed E-state index contributed by atoms with van der Waals surface area (Å²) in [6.45, 7) is 5.07. The molecule has 1 amide bonds. The number of aryl methyl sites for hydroxylation is 1. The van der Waals surface area contributed by atoms with Crippen LogP contribution in [0.3, 0.4) is 0 Å². The molecule has 21 heavy (non-hydrogen) atoms. The molecule has 1 heterocycles. The predicted octanol–water partition coefficient (Wildman–Crippen LogP) is 3.30. The molecule has 5 heteroatoms. The van der Waals surface area contributed by atoms with Crippen LogP contribution in [0.1, 0.15) is 29.3 Å². The van der Waals surface area contributed by atoms with Crippen LogP contribution in [0.4, 0.5) is 5.69 Å². The Bertz CT molecular complexity index is 609. The van der Waals surface area contributed by atoms with E-state index in [4.69, 9.17) is 0 Å². The molecule has 0 radical (unpaired) electrons. The number of amides is 1. The van der Waals surface area contributed by atoms with Gasteiger partial charge in [-0.25, -0.2) is 4.98 Å². The van der Waals surface area contributed by atoms with Crippen LogP contribution in [0.15, 0.2) is 30.5 Å². The zero-order valence-corrected chi connectivity index (χ0v) is 13.5. The number of hydrogen-bond donors (Lipinski definition) is 1. The highest BCUT2D eigenvalue weighted by molar-refractivity contribution is 7.11. The van der Waals surface area contributed by atoms with E-state index in [9.17, 15) is 4.79 Å². The standard InChI is InChI=1S/C16H21N3OS/c1-4-16-18-10-14(21-16)9-17-15-8-6-5-7-13(15)11-19(3)12(2)20/h5-8,10,17H,4,9,11H2,1-3H3. The quantitative estimate of drug-likeness (QED) is 0.890. The molecule has 0 atom stereocenters. The third kappa shape index (κ3) is 4.29. The Hall–Kier alpha value is -1.88. The molecule has 0 aliphatic heterocycles. The Balaban J connectivity index is 2.04. The number of nitrogens with one attached hydrogen (secondary N) is 1. The number of carbonyl (C=O) groups is 1. The SMILES string of the molecule is CCc1ncc(CNc2ccccc2CN(C)C(C)=O)s1. The largest absolute Gasteiger partial charge is 0.380 e. The molecule has 0 saturated carbocycles.